The molecule has 1 fully saturated rings. The molecule has 22 heavy (non-hydrogen) atoms. The predicted molar refractivity (Wildman–Crippen MR) is 82.1 cm³/mol. The van der Waals surface area contributed by atoms with Crippen LogP contribution < -0.4 is 16.0 Å². The molecule has 3 N–H and O–H groups in total. The Labute approximate surface area is 126 Å². The number of benzene rings is 1. The summed E-state index contributed by atoms with van der Waals surface area (Å²) in [5, 5.41) is 9.37. The van der Waals surface area contributed by atoms with E-state index in [0.717, 1.165) is 24.1 Å². The molecule has 6 heteroatoms. The minimum Gasteiger partial charge on any atom is -0.353 e. The van der Waals surface area contributed by atoms with Gasteiger partial charge in [0.25, 0.3) is 5.91 Å². The smallest absolute Gasteiger partial charge is 0.251 e. The van der Waals surface area contributed by atoms with Gasteiger partial charge in [0.1, 0.15) is 11.4 Å². The molecule has 4 rings (SSSR count). The number of pyridine rings is 1. The first-order valence-electron chi connectivity index (χ1n) is 7.23. The lowest BCUT2D eigenvalue weighted by molar-refractivity contribution is -0.120. The summed E-state index contributed by atoms with van der Waals surface area (Å²) in [7, 11) is 0. The topological polar surface area (TPSA) is 66.0 Å². The Balaban J connectivity index is 1.71. The van der Waals surface area contributed by atoms with E-state index in [1.54, 1.807) is 12.3 Å². The number of carbonyl (C=O) groups is 1. The van der Waals surface area contributed by atoms with Crippen LogP contribution in [0.2, 0.25) is 0 Å². The van der Waals surface area contributed by atoms with E-state index in [2.05, 4.69) is 20.9 Å². The van der Waals surface area contributed by atoms with Gasteiger partial charge in [-0.25, -0.2) is 9.37 Å². The lowest BCUT2D eigenvalue weighted by atomic mass is 9.94. The molecule has 0 aliphatic carbocycles. The lowest BCUT2D eigenvalue weighted by Gasteiger charge is -2.34. The van der Waals surface area contributed by atoms with Gasteiger partial charge in [0.2, 0.25) is 0 Å². The number of rotatable bonds is 1. The molecule has 1 atom stereocenters. The van der Waals surface area contributed by atoms with Gasteiger partial charge in [-0.3, -0.25) is 4.79 Å². The molecule has 1 aromatic carbocycles. The average Bonchev–Trinajstić information content (AvgIpc) is 2.98. The van der Waals surface area contributed by atoms with E-state index >= 15 is 0 Å². The number of amides is 1. The third-order valence-electron chi connectivity index (χ3n) is 4.24. The third-order valence-corrected chi connectivity index (χ3v) is 4.24. The van der Waals surface area contributed by atoms with Gasteiger partial charge in [0.05, 0.1) is 5.69 Å². The fourth-order valence-corrected chi connectivity index (χ4v) is 3.00. The quantitative estimate of drug-likeness (QED) is 0.753. The van der Waals surface area contributed by atoms with Gasteiger partial charge in [-0.2, -0.15) is 0 Å². The molecule has 2 aliphatic heterocycles. The van der Waals surface area contributed by atoms with Crippen molar-refractivity contribution in [3.05, 3.63) is 42.3 Å². The molecule has 0 saturated carbocycles. The second-order valence-electron chi connectivity index (χ2n) is 5.72. The summed E-state index contributed by atoms with van der Waals surface area (Å²) in [5.74, 6) is 0.306. The van der Waals surface area contributed by atoms with E-state index < -0.39 is 5.54 Å². The molecular formula is C16H15FN4O. The molecule has 1 spiro atoms. The minimum atomic E-state index is -0.611. The van der Waals surface area contributed by atoms with E-state index in [0.29, 0.717) is 18.1 Å². The van der Waals surface area contributed by atoms with Crippen LogP contribution in [0.5, 0.6) is 0 Å². The number of fused-ring (bicyclic) bond motifs is 1. The number of carbonyl (C=O) groups excluding carboxylic acids is 1. The van der Waals surface area contributed by atoms with Crippen molar-refractivity contribution < 1.29 is 9.18 Å². The first kappa shape index (κ1) is 13.2. The van der Waals surface area contributed by atoms with Gasteiger partial charge in [-0.05, 0) is 36.7 Å². The normalized spacial score (nSPS) is 23.0. The number of halogens is 1. The van der Waals surface area contributed by atoms with Crippen molar-refractivity contribution in [3.63, 3.8) is 0 Å². The highest BCUT2D eigenvalue weighted by Gasteiger charge is 2.44. The lowest BCUT2D eigenvalue weighted by Crippen LogP contribution is -2.54. The van der Waals surface area contributed by atoms with Crippen molar-refractivity contribution in [1.82, 2.24) is 10.3 Å². The number of nitrogens with zero attached hydrogens (tertiary/aromatic N) is 1. The van der Waals surface area contributed by atoms with Crippen LogP contribution in [0.4, 0.5) is 15.9 Å². The Bertz CT molecular complexity index is 756. The van der Waals surface area contributed by atoms with Crippen molar-refractivity contribution in [1.29, 1.82) is 0 Å². The molecule has 1 saturated heterocycles. The highest BCUT2D eigenvalue weighted by molar-refractivity contribution is 6.06. The minimum absolute atomic E-state index is 0.0526. The number of hydrogen-bond acceptors (Lipinski definition) is 4. The maximum absolute atomic E-state index is 13.3. The molecule has 1 amide bonds. The summed E-state index contributed by atoms with van der Waals surface area (Å²) < 4.78 is 13.3. The standard InChI is InChI=1S/C16H15FN4O/c17-12-3-1-2-10(6-12)11-7-13-14(19-8-11)21-16(15(22)20-13)4-5-18-9-16/h1-3,6-8,18H,4-5,9H2,(H,19,21)(H,20,22). The van der Waals surface area contributed by atoms with Gasteiger partial charge in [0, 0.05) is 18.3 Å². The van der Waals surface area contributed by atoms with E-state index in [9.17, 15) is 9.18 Å². The van der Waals surface area contributed by atoms with Crippen LogP contribution in [0.25, 0.3) is 11.1 Å². The van der Waals surface area contributed by atoms with Crippen LogP contribution in [0, 0.1) is 5.82 Å². The van der Waals surface area contributed by atoms with Gasteiger partial charge < -0.3 is 16.0 Å². The fourth-order valence-electron chi connectivity index (χ4n) is 3.00. The Hall–Kier alpha value is -2.47. The molecular weight excluding hydrogens is 283 g/mol. The summed E-state index contributed by atoms with van der Waals surface area (Å²) >= 11 is 0. The molecule has 112 valence electrons. The Morgan fingerprint density at radius 3 is 2.91 bits per heavy atom. The number of anilines is 2. The van der Waals surface area contributed by atoms with E-state index in [1.165, 1.54) is 12.1 Å². The van der Waals surface area contributed by atoms with Crippen molar-refractivity contribution in [2.75, 3.05) is 23.7 Å². The summed E-state index contributed by atoms with van der Waals surface area (Å²) in [6.45, 7) is 1.39. The fraction of sp³-hybridized carbons (Fsp3) is 0.250. The van der Waals surface area contributed by atoms with Crippen LogP contribution in [-0.2, 0) is 4.79 Å². The highest BCUT2D eigenvalue weighted by Crippen LogP contribution is 2.34. The average molecular weight is 298 g/mol. The zero-order valence-electron chi connectivity index (χ0n) is 11.8. The monoisotopic (exact) mass is 298 g/mol. The Morgan fingerprint density at radius 1 is 1.23 bits per heavy atom. The first-order chi connectivity index (χ1) is 10.7. The largest absolute Gasteiger partial charge is 0.353 e. The summed E-state index contributed by atoms with van der Waals surface area (Å²) in [5.41, 5.74) is 1.51. The molecule has 2 aliphatic rings. The molecule has 0 radical (unpaired) electrons. The number of nitrogens with one attached hydrogen (secondary N) is 3. The number of hydrogen-bond donors (Lipinski definition) is 3. The van der Waals surface area contributed by atoms with Crippen LogP contribution >= 0.6 is 0 Å². The molecule has 1 unspecified atom stereocenters. The third kappa shape index (κ3) is 2.03. The van der Waals surface area contributed by atoms with Gasteiger partial charge in [-0.15, -0.1) is 0 Å². The molecule has 3 heterocycles. The number of aromatic nitrogens is 1. The maximum atomic E-state index is 13.3. The van der Waals surface area contributed by atoms with Crippen molar-refractivity contribution in [2.45, 2.75) is 12.0 Å². The zero-order valence-corrected chi connectivity index (χ0v) is 11.8. The molecule has 5 nitrogen and oxygen atoms in total. The van der Waals surface area contributed by atoms with Crippen molar-refractivity contribution in [2.24, 2.45) is 0 Å². The second-order valence-corrected chi connectivity index (χ2v) is 5.72. The van der Waals surface area contributed by atoms with Gasteiger partial charge in [-0.1, -0.05) is 12.1 Å². The first-order valence-corrected chi connectivity index (χ1v) is 7.23. The Morgan fingerprint density at radius 2 is 2.14 bits per heavy atom. The molecule has 1 aromatic heterocycles. The van der Waals surface area contributed by atoms with Crippen molar-refractivity contribution in [3.8, 4) is 11.1 Å². The zero-order chi connectivity index (χ0) is 15.2. The predicted octanol–water partition coefficient (Wildman–Crippen LogP) is 1.98. The SMILES string of the molecule is O=C1Nc2cc(-c3cccc(F)c3)cnc2NC12CCNC2. The van der Waals surface area contributed by atoms with Crippen LogP contribution in [0.15, 0.2) is 36.5 Å². The van der Waals surface area contributed by atoms with E-state index in [-0.39, 0.29) is 11.7 Å². The van der Waals surface area contributed by atoms with Crippen molar-refractivity contribution >= 4 is 17.4 Å². The van der Waals surface area contributed by atoms with Crippen LogP contribution in [0.3, 0.4) is 0 Å². The van der Waals surface area contributed by atoms with Gasteiger partial charge >= 0.3 is 0 Å². The summed E-state index contributed by atoms with van der Waals surface area (Å²) in [4.78, 5) is 16.8. The van der Waals surface area contributed by atoms with E-state index in [4.69, 9.17) is 0 Å². The van der Waals surface area contributed by atoms with Gasteiger partial charge in [0.15, 0.2) is 5.82 Å². The van der Waals surface area contributed by atoms with Crippen LogP contribution in [-0.4, -0.2) is 29.5 Å². The highest BCUT2D eigenvalue weighted by atomic mass is 19.1. The molecule has 2 aromatic rings. The summed E-state index contributed by atoms with van der Waals surface area (Å²) in [6.07, 6.45) is 2.42. The van der Waals surface area contributed by atoms with E-state index in [1.807, 2.05) is 12.1 Å². The second kappa shape index (κ2) is 4.78. The molecule has 0 bridgehead atoms. The Kier molecular flexibility index (Phi) is 2.87. The van der Waals surface area contributed by atoms with Crippen LogP contribution in [0.1, 0.15) is 6.42 Å². The summed E-state index contributed by atoms with van der Waals surface area (Å²) in [6, 6.07) is 8.13. The maximum Gasteiger partial charge on any atom is 0.251 e.